The van der Waals surface area contributed by atoms with Crippen molar-refractivity contribution in [2.75, 3.05) is 25.1 Å². The van der Waals surface area contributed by atoms with E-state index in [9.17, 15) is 9.59 Å². The predicted octanol–water partition coefficient (Wildman–Crippen LogP) is 2.44. The third-order valence-corrected chi connectivity index (χ3v) is 4.90. The highest BCUT2D eigenvalue weighted by molar-refractivity contribution is 5.77. The fourth-order valence-electron chi connectivity index (χ4n) is 3.43. The van der Waals surface area contributed by atoms with Gasteiger partial charge in [0.2, 0.25) is 0 Å². The first-order chi connectivity index (χ1) is 12.5. The molecule has 1 aliphatic heterocycles. The zero-order valence-corrected chi connectivity index (χ0v) is 15.3. The van der Waals surface area contributed by atoms with E-state index >= 15 is 0 Å². The molecule has 0 aliphatic carbocycles. The van der Waals surface area contributed by atoms with Gasteiger partial charge in [-0.1, -0.05) is 19.0 Å². The van der Waals surface area contributed by atoms with Crippen molar-refractivity contribution >= 4 is 18.1 Å². The average Bonchev–Trinajstić information content (AvgIpc) is 3.31. The first kappa shape index (κ1) is 18.2. The van der Waals surface area contributed by atoms with Gasteiger partial charge in [0.25, 0.3) is 0 Å². The van der Waals surface area contributed by atoms with Gasteiger partial charge in [-0.15, -0.1) is 0 Å². The Morgan fingerprint density at radius 1 is 1.38 bits per heavy atom. The molecule has 1 unspecified atom stereocenters. The summed E-state index contributed by atoms with van der Waals surface area (Å²) in [7, 11) is 1.38. The molecule has 2 aromatic heterocycles. The molecule has 1 fully saturated rings. The summed E-state index contributed by atoms with van der Waals surface area (Å²) in [5, 5.41) is 4.15. The standard InChI is InChI=1S/C18H24N4O4/c1-12(2)17(18(24)25-3)15-8-16(20-26-15)21-6-4-14(5-7-21)22-9-13(10-23)19-11-22/h8-12,14,17H,4-7H2,1-3H3. The molecule has 0 bridgehead atoms. The number of methoxy groups -OCH3 is 1. The SMILES string of the molecule is COC(=O)C(c1cc(N2CCC(n3cnc(C=O)c3)CC2)no1)C(C)C. The van der Waals surface area contributed by atoms with Crippen molar-refractivity contribution in [2.45, 2.75) is 38.6 Å². The maximum absolute atomic E-state index is 12.0. The van der Waals surface area contributed by atoms with Crippen LogP contribution in [0.4, 0.5) is 5.82 Å². The van der Waals surface area contributed by atoms with Gasteiger partial charge in [-0.25, -0.2) is 4.98 Å². The van der Waals surface area contributed by atoms with E-state index in [1.54, 1.807) is 12.5 Å². The topological polar surface area (TPSA) is 90.5 Å². The van der Waals surface area contributed by atoms with Crippen LogP contribution in [0.1, 0.15) is 54.9 Å². The third kappa shape index (κ3) is 3.63. The Bertz CT molecular complexity index is 759. The summed E-state index contributed by atoms with van der Waals surface area (Å²) >= 11 is 0. The Labute approximate surface area is 152 Å². The molecule has 8 heteroatoms. The molecule has 0 spiro atoms. The van der Waals surface area contributed by atoms with Crippen LogP contribution in [0.25, 0.3) is 0 Å². The molecule has 0 amide bonds. The minimum Gasteiger partial charge on any atom is -0.468 e. The van der Waals surface area contributed by atoms with Crippen molar-refractivity contribution in [3.8, 4) is 0 Å². The number of hydrogen-bond donors (Lipinski definition) is 0. The fraction of sp³-hybridized carbons (Fsp3) is 0.556. The maximum Gasteiger partial charge on any atom is 0.316 e. The maximum atomic E-state index is 12.0. The lowest BCUT2D eigenvalue weighted by molar-refractivity contribution is -0.144. The number of anilines is 1. The number of nitrogens with zero attached hydrogens (tertiary/aromatic N) is 4. The smallest absolute Gasteiger partial charge is 0.316 e. The number of hydrogen-bond acceptors (Lipinski definition) is 7. The normalized spacial score (nSPS) is 16.7. The summed E-state index contributed by atoms with van der Waals surface area (Å²) in [4.78, 5) is 29.0. The van der Waals surface area contributed by atoms with Crippen LogP contribution in [0.2, 0.25) is 0 Å². The fourth-order valence-corrected chi connectivity index (χ4v) is 3.43. The van der Waals surface area contributed by atoms with Crippen LogP contribution in [-0.4, -0.2) is 47.2 Å². The van der Waals surface area contributed by atoms with E-state index in [0.717, 1.165) is 38.0 Å². The van der Waals surface area contributed by atoms with Crippen LogP contribution >= 0.6 is 0 Å². The van der Waals surface area contributed by atoms with Gasteiger partial charge in [-0.2, -0.15) is 0 Å². The molecule has 3 rings (SSSR count). The Morgan fingerprint density at radius 2 is 2.12 bits per heavy atom. The van der Waals surface area contributed by atoms with Gasteiger partial charge in [-0.05, 0) is 18.8 Å². The van der Waals surface area contributed by atoms with Gasteiger partial charge in [0.1, 0.15) is 11.6 Å². The zero-order chi connectivity index (χ0) is 18.7. The van der Waals surface area contributed by atoms with Crippen LogP contribution < -0.4 is 4.90 Å². The molecule has 0 saturated carbocycles. The summed E-state index contributed by atoms with van der Waals surface area (Å²) in [6.45, 7) is 5.54. The second kappa shape index (κ2) is 7.72. The molecule has 3 heterocycles. The van der Waals surface area contributed by atoms with Gasteiger partial charge >= 0.3 is 5.97 Å². The summed E-state index contributed by atoms with van der Waals surface area (Å²) in [5.74, 6) is 0.572. The highest BCUT2D eigenvalue weighted by Gasteiger charge is 2.30. The number of carbonyl (C=O) groups excluding carboxylic acids is 2. The molecule has 0 N–H and O–H groups in total. The molecule has 26 heavy (non-hydrogen) atoms. The molecule has 1 saturated heterocycles. The zero-order valence-electron chi connectivity index (χ0n) is 15.3. The number of ether oxygens (including phenoxy) is 1. The number of carbonyl (C=O) groups is 2. The highest BCUT2D eigenvalue weighted by Crippen LogP contribution is 2.31. The van der Waals surface area contributed by atoms with E-state index < -0.39 is 5.92 Å². The summed E-state index contributed by atoms with van der Waals surface area (Å²) in [6.07, 6.45) is 6.09. The summed E-state index contributed by atoms with van der Waals surface area (Å²) in [6, 6.07) is 2.15. The predicted molar refractivity (Wildman–Crippen MR) is 94.2 cm³/mol. The molecule has 140 valence electrons. The Balaban J connectivity index is 1.65. The van der Waals surface area contributed by atoms with Crippen molar-refractivity contribution in [1.29, 1.82) is 0 Å². The van der Waals surface area contributed by atoms with E-state index in [2.05, 4.69) is 15.0 Å². The van der Waals surface area contributed by atoms with Gasteiger partial charge in [0.05, 0.1) is 13.4 Å². The molecule has 1 atom stereocenters. The van der Waals surface area contributed by atoms with Gasteiger partial charge < -0.3 is 18.7 Å². The van der Waals surface area contributed by atoms with Crippen molar-refractivity contribution in [3.63, 3.8) is 0 Å². The Morgan fingerprint density at radius 3 is 2.69 bits per heavy atom. The molecular weight excluding hydrogens is 336 g/mol. The van der Waals surface area contributed by atoms with Gasteiger partial charge in [0, 0.05) is 31.4 Å². The third-order valence-electron chi connectivity index (χ3n) is 4.90. The minimum atomic E-state index is -0.452. The summed E-state index contributed by atoms with van der Waals surface area (Å²) < 4.78 is 12.3. The quantitative estimate of drug-likeness (QED) is 0.577. The van der Waals surface area contributed by atoms with E-state index in [4.69, 9.17) is 9.26 Å². The Kier molecular flexibility index (Phi) is 5.39. The van der Waals surface area contributed by atoms with Crippen LogP contribution in [0, 0.1) is 5.92 Å². The molecule has 8 nitrogen and oxygen atoms in total. The lowest BCUT2D eigenvalue weighted by Crippen LogP contribution is -2.34. The van der Waals surface area contributed by atoms with Crippen LogP contribution in [0.15, 0.2) is 23.1 Å². The molecule has 0 aromatic carbocycles. The largest absolute Gasteiger partial charge is 0.468 e. The number of aromatic nitrogens is 3. The van der Waals surface area contributed by atoms with Crippen molar-refractivity contribution in [1.82, 2.24) is 14.7 Å². The van der Waals surface area contributed by atoms with E-state index in [1.807, 2.05) is 24.5 Å². The van der Waals surface area contributed by atoms with Gasteiger partial charge in [0.15, 0.2) is 17.9 Å². The number of esters is 1. The van der Waals surface area contributed by atoms with Crippen molar-refractivity contribution in [2.24, 2.45) is 5.92 Å². The lowest BCUT2D eigenvalue weighted by Gasteiger charge is -2.32. The average molecular weight is 360 g/mol. The lowest BCUT2D eigenvalue weighted by atomic mass is 9.93. The van der Waals surface area contributed by atoms with Gasteiger partial charge in [-0.3, -0.25) is 9.59 Å². The highest BCUT2D eigenvalue weighted by atomic mass is 16.5. The van der Waals surface area contributed by atoms with Crippen molar-refractivity contribution in [3.05, 3.63) is 30.0 Å². The molecule has 2 aromatic rings. The minimum absolute atomic E-state index is 0.0576. The number of piperidine rings is 1. The van der Waals surface area contributed by atoms with E-state index in [0.29, 0.717) is 17.5 Å². The molecular formula is C18H24N4O4. The van der Waals surface area contributed by atoms with E-state index in [-0.39, 0.29) is 11.9 Å². The monoisotopic (exact) mass is 360 g/mol. The number of imidazole rings is 1. The first-order valence-electron chi connectivity index (χ1n) is 8.81. The molecule has 1 aliphatic rings. The van der Waals surface area contributed by atoms with Crippen molar-refractivity contribution < 1.29 is 18.8 Å². The van der Waals surface area contributed by atoms with Crippen LogP contribution in [0.5, 0.6) is 0 Å². The van der Waals surface area contributed by atoms with E-state index in [1.165, 1.54) is 7.11 Å². The Hall–Kier alpha value is -2.64. The number of rotatable bonds is 6. The second-order valence-corrected chi connectivity index (χ2v) is 6.91. The van der Waals surface area contributed by atoms with Crippen LogP contribution in [0.3, 0.4) is 0 Å². The first-order valence-corrected chi connectivity index (χ1v) is 8.81. The van der Waals surface area contributed by atoms with Crippen LogP contribution in [-0.2, 0) is 9.53 Å². The molecule has 0 radical (unpaired) electrons. The number of aldehydes is 1. The summed E-state index contributed by atoms with van der Waals surface area (Å²) in [5.41, 5.74) is 0.455. The second-order valence-electron chi connectivity index (χ2n) is 6.91.